The number of amides is 1. The predicted octanol–water partition coefficient (Wildman–Crippen LogP) is -0.00821. The fraction of sp³-hybridized carbons (Fsp3) is 0.667. The summed E-state index contributed by atoms with van der Waals surface area (Å²) >= 11 is 0. The topological polar surface area (TPSA) is 78.6 Å². The van der Waals surface area contributed by atoms with Crippen LogP contribution in [0.1, 0.15) is 20.3 Å². The molecule has 79 valence electrons. The SMILES string of the molecule is CC(C)COC1(C(N)=O)[CH]CC(=O)O1. The summed E-state index contributed by atoms with van der Waals surface area (Å²) in [6.45, 7) is 4.16. The lowest BCUT2D eigenvalue weighted by atomic mass is 10.1. The van der Waals surface area contributed by atoms with Crippen molar-refractivity contribution in [3.63, 3.8) is 0 Å². The molecule has 14 heavy (non-hydrogen) atoms. The molecule has 0 aliphatic carbocycles. The van der Waals surface area contributed by atoms with Gasteiger partial charge < -0.3 is 15.2 Å². The molecule has 1 rings (SSSR count). The molecule has 5 nitrogen and oxygen atoms in total. The maximum atomic E-state index is 11.1. The molecule has 0 bridgehead atoms. The minimum atomic E-state index is -1.64. The Labute approximate surface area is 82.5 Å². The third-order valence-electron chi connectivity index (χ3n) is 1.78. The lowest BCUT2D eigenvalue weighted by molar-refractivity contribution is -0.204. The lowest BCUT2D eigenvalue weighted by Gasteiger charge is -2.24. The largest absolute Gasteiger partial charge is 0.423 e. The summed E-state index contributed by atoms with van der Waals surface area (Å²) in [6.07, 6.45) is 1.42. The van der Waals surface area contributed by atoms with Crippen molar-refractivity contribution in [2.75, 3.05) is 6.61 Å². The zero-order valence-corrected chi connectivity index (χ0v) is 8.28. The van der Waals surface area contributed by atoms with Gasteiger partial charge in [-0.25, -0.2) is 0 Å². The molecule has 0 aromatic heterocycles. The molecule has 1 fully saturated rings. The van der Waals surface area contributed by atoms with E-state index in [1.807, 2.05) is 13.8 Å². The second-order valence-corrected chi connectivity index (χ2v) is 3.62. The third kappa shape index (κ3) is 2.23. The van der Waals surface area contributed by atoms with E-state index in [0.29, 0.717) is 6.61 Å². The van der Waals surface area contributed by atoms with Crippen LogP contribution in [0.5, 0.6) is 0 Å². The van der Waals surface area contributed by atoms with Crippen molar-refractivity contribution in [3.8, 4) is 0 Å². The van der Waals surface area contributed by atoms with E-state index in [9.17, 15) is 9.59 Å². The number of nitrogens with two attached hydrogens (primary N) is 1. The Balaban J connectivity index is 2.64. The number of rotatable bonds is 4. The second kappa shape index (κ2) is 3.96. The number of primary amides is 1. The molecule has 0 saturated carbocycles. The first-order chi connectivity index (χ1) is 6.46. The molecule has 1 radical (unpaired) electrons. The van der Waals surface area contributed by atoms with E-state index >= 15 is 0 Å². The van der Waals surface area contributed by atoms with Gasteiger partial charge in [0.15, 0.2) is 0 Å². The summed E-state index contributed by atoms with van der Waals surface area (Å²) in [5.41, 5.74) is 5.11. The summed E-state index contributed by atoms with van der Waals surface area (Å²) in [5, 5.41) is 0. The Hall–Kier alpha value is -1.10. The minimum Gasteiger partial charge on any atom is -0.423 e. The van der Waals surface area contributed by atoms with Crippen molar-refractivity contribution in [2.45, 2.75) is 26.1 Å². The standard InChI is InChI=1S/C9H14NO4/c1-6(2)5-13-9(8(10)12)4-3-7(11)14-9/h4,6H,3,5H2,1-2H3,(H2,10,12). The van der Waals surface area contributed by atoms with Gasteiger partial charge in [0, 0.05) is 0 Å². The van der Waals surface area contributed by atoms with Crippen molar-refractivity contribution in [3.05, 3.63) is 6.42 Å². The number of ether oxygens (including phenoxy) is 2. The summed E-state index contributed by atoms with van der Waals surface area (Å²) < 4.78 is 9.98. The van der Waals surface area contributed by atoms with Crippen LogP contribution in [0.2, 0.25) is 0 Å². The fourth-order valence-electron chi connectivity index (χ4n) is 1.07. The number of esters is 1. The van der Waals surface area contributed by atoms with E-state index in [4.69, 9.17) is 15.2 Å². The zero-order valence-electron chi connectivity index (χ0n) is 8.28. The Morgan fingerprint density at radius 1 is 1.79 bits per heavy atom. The highest BCUT2D eigenvalue weighted by Crippen LogP contribution is 2.27. The van der Waals surface area contributed by atoms with Gasteiger partial charge in [0.1, 0.15) is 0 Å². The van der Waals surface area contributed by atoms with Gasteiger partial charge in [0.2, 0.25) is 0 Å². The summed E-state index contributed by atoms with van der Waals surface area (Å²) in [7, 11) is 0. The number of carbonyl (C=O) groups excluding carboxylic acids is 2. The van der Waals surface area contributed by atoms with E-state index in [1.165, 1.54) is 6.42 Å². The monoisotopic (exact) mass is 200 g/mol. The molecule has 0 spiro atoms. The molecule has 1 saturated heterocycles. The van der Waals surface area contributed by atoms with Crippen LogP contribution in [-0.4, -0.2) is 24.3 Å². The van der Waals surface area contributed by atoms with Crippen LogP contribution in [0.4, 0.5) is 0 Å². The Bertz CT molecular complexity index is 251. The third-order valence-corrected chi connectivity index (χ3v) is 1.78. The maximum Gasteiger partial charge on any atom is 0.309 e. The first-order valence-corrected chi connectivity index (χ1v) is 4.46. The molecule has 1 amide bonds. The average molecular weight is 200 g/mol. The number of hydrogen-bond donors (Lipinski definition) is 1. The molecule has 1 aliphatic heterocycles. The number of hydrogen-bond acceptors (Lipinski definition) is 4. The normalized spacial score (nSPS) is 26.6. The van der Waals surface area contributed by atoms with Gasteiger partial charge >= 0.3 is 5.97 Å². The van der Waals surface area contributed by atoms with Gasteiger partial charge in [-0.05, 0) is 5.92 Å². The zero-order chi connectivity index (χ0) is 10.8. The van der Waals surface area contributed by atoms with Crippen LogP contribution < -0.4 is 5.73 Å². The van der Waals surface area contributed by atoms with Crippen molar-refractivity contribution in [1.29, 1.82) is 0 Å². The predicted molar refractivity (Wildman–Crippen MR) is 47.7 cm³/mol. The maximum absolute atomic E-state index is 11.1. The van der Waals surface area contributed by atoms with Crippen LogP contribution in [0.15, 0.2) is 0 Å². The molecular weight excluding hydrogens is 186 g/mol. The quantitative estimate of drug-likeness (QED) is 0.647. The Morgan fingerprint density at radius 3 is 2.79 bits per heavy atom. The molecule has 0 aromatic carbocycles. The highest BCUT2D eigenvalue weighted by Gasteiger charge is 2.47. The molecule has 5 heteroatoms. The molecule has 1 unspecified atom stereocenters. The van der Waals surface area contributed by atoms with Gasteiger partial charge in [-0.3, -0.25) is 9.59 Å². The molecule has 0 aromatic rings. The van der Waals surface area contributed by atoms with Crippen LogP contribution in [0.25, 0.3) is 0 Å². The van der Waals surface area contributed by atoms with Crippen LogP contribution in [0, 0.1) is 12.3 Å². The first kappa shape index (κ1) is 11.0. The fourth-order valence-corrected chi connectivity index (χ4v) is 1.07. The van der Waals surface area contributed by atoms with Crippen molar-refractivity contribution in [2.24, 2.45) is 11.7 Å². The molecule has 1 heterocycles. The summed E-state index contributed by atoms with van der Waals surface area (Å²) in [6, 6.07) is 0. The van der Waals surface area contributed by atoms with Crippen molar-refractivity contribution < 1.29 is 19.1 Å². The molecule has 1 aliphatic rings. The van der Waals surface area contributed by atoms with E-state index in [-0.39, 0.29) is 12.3 Å². The van der Waals surface area contributed by atoms with Gasteiger partial charge in [0.05, 0.1) is 19.4 Å². The molecule has 2 N–H and O–H groups in total. The van der Waals surface area contributed by atoms with Gasteiger partial charge in [-0.15, -0.1) is 0 Å². The average Bonchev–Trinajstić information content (AvgIpc) is 2.45. The van der Waals surface area contributed by atoms with Crippen molar-refractivity contribution >= 4 is 11.9 Å². The smallest absolute Gasteiger partial charge is 0.309 e. The number of carbonyl (C=O) groups is 2. The van der Waals surface area contributed by atoms with E-state index in [1.54, 1.807) is 0 Å². The Morgan fingerprint density at radius 2 is 2.43 bits per heavy atom. The molecule has 1 atom stereocenters. The highest BCUT2D eigenvalue weighted by atomic mass is 16.7. The van der Waals surface area contributed by atoms with E-state index in [0.717, 1.165) is 0 Å². The first-order valence-electron chi connectivity index (χ1n) is 4.46. The minimum absolute atomic E-state index is 0.0566. The van der Waals surface area contributed by atoms with E-state index in [2.05, 4.69) is 0 Å². The van der Waals surface area contributed by atoms with E-state index < -0.39 is 17.7 Å². The summed E-state index contributed by atoms with van der Waals surface area (Å²) in [5.74, 6) is -2.68. The Kier molecular flexibility index (Phi) is 3.10. The van der Waals surface area contributed by atoms with Gasteiger partial charge in [-0.1, -0.05) is 13.8 Å². The van der Waals surface area contributed by atoms with Crippen molar-refractivity contribution in [1.82, 2.24) is 0 Å². The van der Waals surface area contributed by atoms with Crippen LogP contribution in [0.3, 0.4) is 0 Å². The number of cyclic esters (lactones) is 1. The highest BCUT2D eigenvalue weighted by molar-refractivity contribution is 5.90. The molecular formula is C9H14NO4. The van der Waals surface area contributed by atoms with Crippen LogP contribution >= 0.6 is 0 Å². The van der Waals surface area contributed by atoms with Gasteiger partial charge in [-0.2, -0.15) is 0 Å². The van der Waals surface area contributed by atoms with Crippen LogP contribution in [-0.2, 0) is 19.1 Å². The summed E-state index contributed by atoms with van der Waals surface area (Å²) in [4.78, 5) is 21.9. The van der Waals surface area contributed by atoms with Gasteiger partial charge in [0.25, 0.3) is 11.7 Å². The lowest BCUT2D eigenvalue weighted by Crippen LogP contribution is -2.47. The second-order valence-electron chi connectivity index (χ2n) is 3.62.